The molecule has 0 saturated heterocycles. The Morgan fingerprint density at radius 2 is 1.72 bits per heavy atom. The molecule has 2 aromatic carbocycles. The lowest BCUT2D eigenvalue weighted by Crippen LogP contribution is -2.42. The maximum atomic E-state index is 12.3. The van der Waals surface area contributed by atoms with E-state index in [1.807, 2.05) is 20.8 Å². The first-order valence-electron chi connectivity index (χ1n) is 10.1. The molecule has 0 bridgehead atoms. The van der Waals surface area contributed by atoms with Crippen molar-refractivity contribution in [2.45, 2.75) is 59.2 Å². The Hall–Kier alpha value is -2.56. The zero-order valence-corrected chi connectivity index (χ0v) is 19.6. The minimum absolute atomic E-state index is 0.0300. The first kappa shape index (κ1) is 29.4. The molecule has 32 heavy (non-hydrogen) atoms. The smallest absolute Gasteiger partial charge is 0.417 e. The monoisotopic (exact) mass is 471 g/mol. The zero-order valence-electron chi connectivity index (χ0n) is 18.9. The Labute approximate surface area is 192 Å². The number of hydrogen-bond donors (Lipinski definition) is 1. The average molecular weight is 472 g/mol. The van der Waals surface area contributed by atoms with Crippen LogP contribution in [0, 0.1) is 18.3 Å². The van der Waals surface area contributed by atoms with E-state index in [2.05, 4.69) is 0 Å². The summed E-state index contributed by atoms with van der Waals surface area (Å²) in [6, 6.07) is 11.9. The van der Waals surface area contributed by atoms with Gasteiger partial charge in [-0.25, -0.2) is 0 Å². The molecular formula is C24H29ClF3NO3. The number of aliphatic hydroxyl groups is 1. The summed E-state index contributed by atoms with van der Waals surface area (Å²) < 4.78 is 42.2. The number of aryl methyl sites for hydroxylation is 1. The third-order valence-electron chi connectivity index (χ3n) is 4.21. The van der Waals surface area contributed by atoms with Gasteiger partial charge in [-0.15, -0.1) is 0 Å². The normalized spacial score (nSPS) is 12.2. The van der Waals surface area contributed by atoms with Crippen molar-refractivity contribution in [2.75, 3.05) is 6.61 Å². The quantitative estimate of drug-likeness (QED) is 0.505. The second-order valence-electron chi connectivity index (χ2n) is 6.74. The summed E-state index contributed by atoms with van der Waals surface area (Å²) in [6.07, 6.45) is -3.33. The Kier molecular flexibility index (Phi) is 12.7. The molecule has 1 atom stereocenters. The van der Waals surface area contributed by atoms with Gasteiger partial charge in [0.05, 0.1) is 17.2 Å². The van der Waals surface area contributed by atoms with Gasteiger partial charge in [-0.2, -0.15) is 18.4 Å². The minimum atomic E-state index is -4.45. The number of Topliss-reactive ketones (excluding diaryl/α,β-unsaturated/α-hetero) is 1. The van der Waals surface area contributed by atoms with Gasteiger partial charge >= 0.3 is 6.18 Å². The number of carbonyl (C=O) groups excluding carboxylic acids is 1. The number of nitriles is 1. The van der Waals surface area contributed by atoms with Crippen molar-refractivity contribution in [3.63, 3.8) is 0 Å². The van der Waals surface area contributed by atoms with E-state index in [4.69, 9.17) is 21.6 Å². The van der Waals surface area contributed by atoms with E-state index in [0.29, 0.717) is 22.8 Å². The molecular weight excluding hydrogens is 443 g/mol. The number of carbonyl (C=O) groups is 1. The molecule has 0 unspecified atom stereocenters. The number of ketones is 1. The van der Waals surface area contributed by atoms with Crippen molar-refractivity contribution in [2.24, 2.45) is 0 Å². The molecule has 4 nitrogen and oxygen atoms in total. The highest BCUT2D eigenvalue weighted by atomic mass is 35.5. The van der Waals surface area contributed by atoms with Crippen molar-refractivity contribution in [1.82, 2.24) is 0 Å². The van der Waals surface area contributed by atoms with Crippen LogP contribution in [0.15, 0.2) is 42.5 Å². The lowest BCUT2D eigenvalue weighted by molar-refractivity contribution is -0.139. The molecule has 0 saturated carbocycles. The number of halogens is 4. The summed E-state index contributed by atoms with van der Waals surface area (Å²) >= 11 is 5.74. The fourth-order valence-corrected chi connectivity index (χ4v) is 2.61. The number of rotatable bonds is 6. The van der Waals surface area contributed by atoms with Crippen LogP contribution in [0.25, 0.3) is 0 Å². The van der Waals surface area contributed by atoms with Gasteiger partial charge in [0, 0.05) is 5.02 Å². The Morgan fingerprint density at radius 3 is 2.16 bits per heavy atom. The molecule has 0 aliphatic heterocycles. The van der Waals surface area contributed by atoms with Crippen LogP contribution in [-0.2, 0) is 11.0 Å². The highest BCUT2D eigenvalue weighted by Gasteiger charge is 2.33. The van der Waals surface area contributed by atoms with Crippen LogP contribution in [0.5, 0.6) is 5.75 Å². The number of alkyl halides is 3. The minimum Gasteiger partial charge on any atom is -0.490 e. The maximum absolute atomic E-state index is 12.3. The van der Waals surface area contributed by atoms with Crippen LogP contribution in [0.2, 0.25) is 5.02 Å². The standard InChI is InChI=1S/C13H17ClO3.C9H6F3N.C2H6/c1-3-8-13(16,10(2)15)9-17-12-6-4-11(14)5-7-12;1-6-2-3-7(5-13)8(4-6)9(10,11)12;1-2/h4-7,16H,3,8-9H2,1-2H3;2-4H,1H3;1-2H3/t13-;;/m0../s1. The van der Waals surface area contributed by atoms with Crippen molar-refractivity contribution in [3.8, 4) is 11.8 Å². The van der Waals surface area contributed by atoms with E-state index in [1.165, 1.54) is 25.1 Å². The van der Waals surface area contributed by atoms with Gasteiger partial charge in [-0.3, -0.25) is 4.79 Å². The van der Waals surface area contributed by atoms with E-state index in [1.54, 1.807) is 31.2 Å². The topological polar surface area (TPSA) is 70.3 Å². The van der Waals surface area contributed by atoms with Gasteiger partial charge in [-0.1, -0.05) is 50.4 Å². The lowest BCUT2D eigenvalue weighted by Gasteiger charge is -2.24. The van der Waals surface area contributed by atoms with Crippen LogP contribution in [0.1, 0.15) is 57.2 Å². The summed E-state index contributed by atoms with van der Waals surface area (Å²) in [5.74, 6) is 0.318. The molecule has 8 heteroatoms. The summed E-state index contributed by atoms with van der Waals surface area (Å²) in [7, 11) is 0. The first-order chi connectivity index (χ1) is 14.9. The van der Waals surface area contributed by atoms with Crippen molar-refractivity contribution >= 4 is 17.4 Å². The van der Waals surface area contributed by atoms with Gasteiger partial charge in [0.15, 0.2) is 11.4 Å². The Balaban J connectivity index is 0.000000574. The molecule has 2 rings (SSSR count). The predicted octanol–water partition coefficient (Wildman–Crippen LogP) is 6.75. The predicted molar refractivity (Wildman–Crippen MR) is 120 cm³/mol. The van der Waals surface area contributed by atoms with E-state index in [9.17, 15) is 23.1 Å². The van der Waals surface area contributed by atoms with Crippen LogP contribution in [-0.4, -0.2) is 23.1 Å². The highest BCUT2D eigenvalue weighted by Crippen LogP contribution is 2.32. The summed E-state index contributed by atoms with van der Waals surface area (Å²) in [5, 5.41) is 19.1. The van der Waals surface area contributed by atoms with Gasteiger partial charge in [0.2, 0.25) is 0 Å². The third kappa shape index (κ3) is 9.71. The second-order valence-corrected chi connectivity index (χ2v) is 7.18. The number of hydrogen-bond acceptors (Lipinski definition) is 4. The average Bonchev–Trinajstić information content (AvgIpc) is 2.75. The van der Waals surface area contributed by atoms with Crippen molar-refractivity contribution in [1.29, 1.82) is 5.26 Å². The number of ether oxygens (including phenoxy) is 1. The van der Waals surface area contributed by atoms with Crippen molar-refractivity contribution < 1.29 is 27.8 Å². The molecule has 0 fully saturated rings. The van der Waals surface area contributed by atoms with Gasteiger partial charge in [0.1, 0.15) is 12.4 Å². The lowest BCUT2D eigenvalue weighted by atomic mass is 9.95. The number of benzene rings is 2. The third-order valence-corrected chi connectivity index (χ3v) is 4.46. The molecule has 1 N–H and O–H groups in total. The summed E-state index contributed by atoms with van der Waals surface area (Å²) in [6.45, 7) is 8.81. The summed E-state index contributed by atoms with van der Waals surface area (Å²) in [4.78, 5) is 11.4. The van der Waals surface area contributed by atoms with Crippen LogP contribution < -0.4 is 4.74 Å². The van der Waals surface area contributed by atoms with Gasteiger partial charge < -0.3 is 9.84 Å². The highest BCUT2D eigenvalue weighted by molar-refractivity contribution is 6.30. The molecule has 0 aliphatic carbocycles. The molecule has 0 radical (unpaired) electrons. The fraction of sp³-hybridized carbons (Fsp3) is 0.417. The molecule has 2 aromatic rings. The van der Waals surface area contributed by atoms with Gasteiger partial charge in [-0.05, 0) is 56.7 Å². The molecule has 176 valence electrons. The van der Waals surface area contributed by atoms with E-state index >= 15 is 0 Å². The largest absolute Gasteiger partial charge is 0.490 e. The number of nitrogens with zero attached hydrogens (tertiary/aromatic N) is 1. The van der Waals surface area contributed by atoms with E-state index < -0.39 is 17.3 Å². The Morgan fingerprint density at radius 1 is 1.16 bits per heavy atom. The van der Waals surface area contributed by atoms with E-state index in [0.717, 1.165) is 12.5 Å². The zero-order chi connectivity index (χ0) is 24.9. The molecule has 0 aromatic heterocycles. The van der Waals surface area contributed by atoms with Crippen LogP contribution in [0.4, 0.5) is 13.2 Å². The van der Waals surface area contributed by atoms with Crippen LogP contribution in [0.3, 0.4) is 0 Å². The van der Waals surface area contributed by atoms with Gasteiger partial charge in [0.25, 0.3) is 0 Å². The summed E-state index contributed by atoms with van der Waals surface area (Å²) in [5.41, 5.74) is -2.10. The molecule has 0 heterocycles. The van der Waals surface area contributed by atoms with Crippen LogP contribution >= 0.6 is 11.6 Å². The fourth-order valence-electron chi connectivity index (χ4n) is 2.49. The van der Waals surface area contributed by atoms with Crippen molar-refractivity contribution in [3.05, 3.63) is 64.2 Å². The second kappa shape index (κ2) is 13.8. The molecule has 0 amide bonds. The van der Waals surface area contributed by atoms with E-state index in [-0.39, 0.29) is 18.0 Å². The first-order valence-corrected chi connectivity index (χ1v) is 10.5. The molecule has 0 spiro atoms. The Bertz CT molecular complexity index is 893. The SMILES string of the molecule is CC.CCC[C@](O)(COc1ccc(Cl)cc1)C(C)=O.Cc1ccc(C#N)c(C(F)(F)F)c1. The maximum Gasteiger partial charge on any atom is 0.417 e. The molecule has 0 aliphatic rings.